The number of hydrogen-bond donors (Lipinski definition) is 0. The van der Waals surface area contributed by atoms with Crippen LogP contribution in [-0.4, -0.2) is 61.9 Å². The Labute approximate surface area is 126 Å². The third-order valence-corrected chi connectivity index (χ3v) is 4.54. The Hall–Kier alpha value is -1.48. The molecule has 0 unspecified atom stereocenters. The second-order valence-electron chi connectivity index (χ2n) is 5.11. The van der Waals surface area contributed by atoms with E-state index in [1.165, 1.54) is 16.7 Å². The van der Waals surface area contributed by atoms with Crippen LogP contribution < -0.4 is 0 Å². The maximum absolute atomic E-state index is 12.0. The minimum absolute atomic E-state index is 0.0838. The number of tetrazole rings is 1. The van der Waals surface area contributed by atoms with Gasteiger partial charge >= 0.3 is 0 Å². The van der Waals surface area contributed by atoms with Gasteiger partial charge in [0.15, 0.2) is 0 Å². The number of ether oxygens (including phenoxy) is 1. The SMILES string of the molecule is O=C1CCCN1C(=O)CSc1nnnn1C[C@@H]1CCCO1. The number of likely N-dealkylation sites (tertiary alicyclic amines) is 1. The number of rotatable bonds is 5. The molecule has 0 aromatic carbocycles. The first kappa shape index (κ1) is 14.5. The third kappa shape index (κ3) is 3.41. The van der Waals surface area contributed by atoms with Crippen LogP contribution >= 0.6 is 11.8 Å². The Morgan fingerprint density at radius 3 is 3.05 bits per heavy atom. The second kappa shape index (κ2) is 6.52. The van der Waals surface area contributed by atoms with Gasteiger partial charge < -0.3 is 4.74 Å². The van der Waals surface area contributed by atoms with Crippen molar-refractivity contribution in [1.29, 1.82) is 0 Å². The molecule has 2 fully saturated rings. The van der Waals surface area contributed by atoms with Gasteiger partial charge in [0.05, 0.1) is 18.4 Å². The lowest BCUT2D eigenvalue weighted by atomic mass is 10.2. The molecule has 1 aromatic rings. The number of aromatic nitrogens is 4. The van der Waals surface area contributed by atoms with Crippen LogP contribution in [0.2, 0.25) is 0 Å². The molecule has 114 valence electrons. The fraction of sp³-hybridized carbons (Fsp3) is 0.750. The average Bonchev–Trinajstić information content (AvgIpc) is 3.19. The number of hydrogen-bond acceptors (Lipinski definition) is 7. The highest BCUT2D eigenvalue weighted by Crippen LogP contribution is 2.19. The molecule has 1 aromatic heterocycles. The quantitative estimate of drug-likeness (QED) is 0.712. The summed E-state index contributed by atoms with van der Waals surface area (Å²) < 4.78 is 7.22. The molecule has 0 bridgehead atoms. The summed E-state index contributed by atoms with van der Waals surface area (Å²) in [6.07, 6.45) is 3.43. The van der Waals surface area contributed by atoms with Gasteiger partial charge in [-0.15, -0.1) is 5.10 Å². The average molecular weight is 311 g/mol. The summed E-state index contributed by atoms with van der Waals surface area (Å²) >= 11 is 1.26. The Balaban J connectivity index is 1.54. The maximum Gasteiger partial charge on any atom is 0.239 e. The molecule has 3 rings (SSSR count). The summed E-state index contributed by atoms with van der Waals surface area (Å²) in [6, 6.07) is 0. The summed E-state index contributed by atoms with van der Waals surface area (Å²) in [5.74, 6) is -0.0776. The monoisotopic (exact) mass is 311 g/mol. The normalized spacial score (nSPS) is 22.2. The van der Waals surface area contributed by atoms with Crippen molar-refractivity contribution in [1.82, 2.24) is 25.1 Å². The van der Waals surface area contributed by atoms with E-state index in [1.807, 2.05) is 0 Å². The maximum atomic E-state index is 12.0. The Morgan fingerprint density at radius 2 is 2.33 bits per heavy atom. The van der Waals surface area contributed by atoms with Crippen LogP contribution in [0.1, 0.15) is 25.7 Å². The van der Waals surface area contributed by atoms with Gasteiger partial charge in [0, 0.05) is 19.6 Å². The first-order chi connectivity index (χ1) is 10.2. The molecule has 8 nitrogen and oxygen atoms in total. The number of thioether (sulfide) groups is 1. The van der Waals surface area contributed by atoms with Crippen LogP contribution in [0.5, 0.6) is 0 Å². The number of nitrogens with zero attached hydrogens (tertiary/aromatic N) is 5. The molecule has 21 heavy (non-hydrogen) atoms. The van der Waals surface area contributed by atoms with Crippen LogP contribution in [0.4, 0.5) is 0 Å². The molecule has 9 heteroatoms. The van der Waals surface area contributed by atoms with Crippen molar-refractivity contribution < 1.29 is 14.3 Å². The smallest absolute Gasteiger partial charge is 0.239 e. The summed E-state index contributed by atoms with van der Waals surface area (Å²) in [5, 5.41) is 12.1. The summed E-state index contributed by atoms with van der Waals surface area (Å²) in [6.45, 7) is 1.91. The van der Waals surface area contributed by atoms with Gasteiger partial charge in [-0.05, 0) is 29.7 Å². The van der Waals surface area contributed by atoms with E-state index in [-0.39, 0.29) is 23.7 Å². The van der Waals surface area contributed by atoms with E-state index >= 15 is 0 Å². The zero-order valence-electron chi connectivity index (χ0n) is 11.6. The predicted octanol–water partition coefficient (Wildman–Crippen LogP) is 0.0932. The van der Waals surface area contributed by atoms with E-state index in [2.05, 4.69) is 15.5 Å². The molecule has 0 aliphatic carbocycles. The zero-order valence-corrected chi connectivity index (χ0v) is 12.4. The van der Waals surface area contributed by atoms with E-state index in [9.17, 15) is 9.59 Å². The molecule has 3 heterocycles. The topological polar surface area (TPSA) is 90.2 Å². The summed E-state index contributed by atoms with van der Waals surface area (Å²) in [4.78, 5) is 24.8. The molecule has 0 radical (unpaired) electrons. The minimum atomic E-state index is -0.172. The number of carbonyl (C=O) groups is 2. The number of carbonyl (C=O) groups excluding carboxylic acids is 2. The van der Waals surface area contributed by atoms with E-state index < -0.39 is 0 Å². The summed E-state index contributed by atoms with van der Waals surface area (Å²) in [7, 11) is 0. The van der Waals surface area contributed by atoms with Crippen molar-refractivity contribution in [3.8, 4) is 0 Å². The van der Waals surface area contributed by atoms with E-state index in [1.54, 1.807) is 4.68 Å². The van der Waals surface area contributed by atoms with E-state index in [0.717, 1.165) is 25.9 Å². The van der Waals surface area contributed by atoms with Gasteiger partial charge in [-0.1, -0.05) is 11.8 Å². The largest absolute Gasteiger partial charge is 0.376 e. The van der Waals surface area contributed by atoms with Crippen LogP contribution in [0.3, 0.4) is 0 Å². The molecule has 2 saturated heterocycles. The van der Waals surface area contributed by atoms with Gasteiger partial charge in [0.2, 0.25) is 17.0 Å². The van der Waals surface area contributed by atoms with Crippen LogP contribution in [0.25, 0.3) is 0 Å². The van der Waals surface area contributed by atoms with Gasteiger partial charge in [-0.25, -0.2) is 4.68 Å². The number of imide groups is 1. The van der Waals surface area contributed by atoms with Gasteiger partial charge in [0.25, 0.3) is 0 Å². The molecule has 0 N–H and O–H groups in total. The molecule has 2 aliphatic heterocycles. The highest BCUT2D eigenvalue weighted by molar-refractivity contribution is 7.99. The van der Waals surface area contributed by atoms with Crippen LogP contribution in [0, 0.1) is 0 Å². The lowest BCUT2D eigenvalue weighted by Crippen LogP contribution is -2.33. The first-order valence-corrected chi connectivity index (χ1v) is 8.06. The molecule has 1 atom stereocenters. The fourth-order valence-electron chi connectivity index (χ4n) is 2.51. The standard InChI is InChI=1S/C12H17N5O3S/c18-10-4-1-5-16(10)11(19)8-21-12-13-14-15-17(12)7-9-3-2-6-20-9/h9H,1-8H2/t9-/m0/s1. The predicted molar refractivity (Wildman–Crippen MR) is 73.5 cm³/mol. The lowest BCUT2D eigenvalue weighted by molar-refractivity contribution is -0.140. The van der Waals surface area contributed by atoms with Crippen molar-refractivity contribution >= 4 is 23.6 Å². The third-order valence-electron chi connectivity index (χ3n) is 3.60. The van der Waals surface area contributed by atoms with Gasteiger partial charge in [0.1, 0.15) is 0 Å². The Kier molecular flexibility index (Phi) is 4.49. The van der Waals surface area contributed by atoms with E-state index in [0.29, 0.717) is 24.7 Å². The fourth-order valence-corrected chi connectivity index (χ4v) is 3.27. The van der Waals surface area contributed by atoms with Crippen LogP contribution in [-0.2, 0) is 20.9 Å². The molecule has 2 amide bonds. The minimum Gasteiger partial charge on any atom is -0.376 e. The first-order valence-electron chi connectivity index (χ1n) is 7.08. The van der Waals surface area contributed by atoms with E-state index in [4.69, 9.17) is 4.74 Å². The zero-order chi connectivity index (χ0) is 14.7. The Morgan fingerprint density at radius 1 is 1.43 bits per heavy atom. The van der Waals surface area contributed by atoms with Crippen molar-refractivity contribution in [2.45, 2.75) is 43.5 Å². The highest BCUT2D eigenvalue weighted by atomic mass is 32.2. The Bertz CT molecular complexity index is 529. The van der Waals surface area contributed by atoms with Crippen molar-refractivity contribution in [3.63, 3.8) is 0 Å². The van der Waals surface area contributed by atoms with Gasteiger partial charge in [-0.3, -0.25) is 14.5 Å². The van der Waals surface area contributed by atoms with Crippen molar-refractivity contribution in [3.05, 3.63) is 0 Å². The van der Waals surface area contributed by atoms with Crippen molar-refractivity contribution in [2.75, 3.05) is 18.9 Å². The molecule has 2 aliphatic rings. The second-order valence-corrected chi connectivity index (χ2v) is 6.05. The molecular formula is C12H17N5O3S. The lowest BCUT2D eigenvalue weighted by Gasteiger charge is -2.13. The number of amides is 2. The molecular weight excluding hydrogens is 294 g/mol. The van der Waals surface area contributed by atoms with Crippen molar-refractivity contribution in [2.24, 2.45) is 0 Å². The molecule has 0 saturated carbocycles. The molecule has 0 spiro atoms. The van der Waals surface area contributed by atoms with Gasteiger partial charge in [-0.2, -0.15) is 0 Å². The summed E-state index contributed by atoms with van der Waals surface area (Å²) in [5.41, 5.74) is 0. The van der Waals surface area contributed by atoms with Crippen LogP contribution in [0.15, 0.2) is 5.16 Å². The highest BCUT2D eigenvalue weighted by Gasteiger charge is 2.27.